The van der Waals surface area contributed by atoms with Crippen molar-refractivity contribution in [2.45, 2.75) is 26.9 Å². The number of aryl methyl sites for hydroxylation is 2. The summed E-state index contributed by atoms with van der Waals surface area (Å²) in [6, 6.07) is 7.21. The first-order chi connectivity index (χ1) is 9.11. The molecule has 1 amide bonds. The highest BCUT2D eigenvalue weighted by atomic mass is 16.3. The van der Waals surface area contributed by atoms with Crippen molar-refractivity contribution in [3.8, 4) is 0 Å². The Kier molecular flexibility index (Phi) is 3.97. The summed E-state index contributed by atoms with van der Waals surface area (Å²) in [5.41, 5.74) is 4.01. The number of carbonyl (C=O) groups excluding carboxylic acids is 1. The Hall–Kier alpha value is -2.14. The quantitative estimate of drug-likeness (QED) is 0.782. The molecule has 2 rings (SSSR count). The Morgan fingerprint density at radius 3 is 2.74 bits per heavy atom. The predicted molar refractivity (Wildman–Crippen MR) is 72.8 cm³/mol. The third kappa shape index (κ3) is 3.00. The summed E-state index contributed by atoms with van der Waals surface area (Å²) in [5, 5.41) is 18.9. The number of aromatic amines is 1. The van der Waals surface area contributed by atoms with Crippen LogP contribution < -0.4 is 5.32 Å². The number of rotatable bonds is 4. The molecule has 3 N–H and O–H groups in total. The molecule has 0 aliphatic heterocycles. The van der Waals surface area contributed by atoms with Gasteiger partial charge in [0, 0.05) is 22.5 Å². The van der Waals surface area contributed by atoms with Crippen LogP contribution in [0.5, 0.6) is 0 Å². The zero-order valence-electron chi connectivity index (χ0n) is 11.0. The Balaban J connectivity index is 2.10. The molecule has 5 nitrogen and oxygen atoms in total. The van der Waals surface area contributed by atoms with Crippen LogP contribution in [0.15, 0.2) is 24.3 Å². The number of carbonyl (C=O) groups is 1. The van der Waals surface area contributed by atoms with Crippen LogP contribution in [0.25, 0.3) is 0 Å². The van der Waals surface area contributed by atoms with Gasteiger partial charge in [-0.05, 0) is 19.9 Å². The average molecular weight is 259 g/mol. The van der Waals surface area contributed by atoms with E-state index in [-0.39, 0.29) is 18.9 Å². The molecule has 2 aromatic rings. The normalized spacial score (nSPS) is 10.5. The van der Waals surface area contributed by atoms with Gasteiger partial charge in [0.25, 0.3) is 0 Å². The number of nitrogens with one attached hydrogen (secondary N) is 2. The number of H-pyrrole nitrogens is 1. The van der Waals surface area contributed by atoms with Crippen LogP contribution in [0.3, 0.4) is 0 Å². The Morgan fingerprint density at radius 2 is 2.11 bits per heavy atom. The van der Waals surface area contributed by atoms with E-state index < -0.39 is 0 Å². The topological polar surface area (TPSA) is 78.0 Å². The minimum Gasteiger partial charge on any atom is -0.392 e. The molecule has 1 aromatic heterocycles. The number of aliphatic hydroxyl groups excluding tert-OH is 1. The molecule has 5 heteroatoms. The largest absolute Gasteiger partial charge is 0.392 e. The number of hydrogen-bond acceptors (Lipinski definition) is 3. The van der Waals surface area contributed by atoms with Gasteiger partial charge in [0.05, 0.1) is 18.7 Å². The zero-order valence-corrected chi connectivity index (χ0v) is 11.0. The monoisotopic (exact) mass is 259 g/mol. The predicted octanol–water partition coefficient (Wildman–Crippen LogP) is 1.70. The lowest BCUT2D eigenvalue weighted by Crippen LogP contribution is -2.16. The summed E-state index contributed by atoms with van der Waals surface area (Å²) in [6.07, 6.45) is 0.272. The minimum absolute atomic E-state index is 0.0970. The molecule has 19 heavy (non-hydrogen) atoms. The maximum Gasteiger partial charge on any atom is 0.228 e. The van der Waals surface area contributed by atoms with E-state index in [1.54, 1.807) is 12.1 Å². The van der Waals surface area contributed by atoms with Gasteiger partial charge in [-0.25, -0.2) is 0 Å². The molecule has 0 saturated carbocycles. The summed E-state index contributed by atoms with van der Waals surface area (Å²) >= 11 is 0. The average Bonchev–Trinajstić information content (AvgIpc) is 2.71. The van der Waals surface area contributed by atoms with Gasteiger partial charge in [0.1, 0.15) is 0 Å². The fourth-order valence-electron chi connectivity index (χ4n) is 1.97. The summed E-state index contributed by atoms with van der Waals surface area (Å²) in [5.74, 6) is -0.117. The molecule has 0 aliphatic rings. The van der Waals surface area contributed by atoms with Crippen molar-refractivity contribution in [1.29, 1.82) is 0 Å². The lowest BCUT2D eigenvalue weighted by molar-refractivity contribution is -0.115. The minimum atomic E-state index is -0.117. The Bertz CT molecular complexity index is 571. The lowest BCUT2D eigenvalue weighted by Gasteiger charge is -2.09. The van der Waals surface area contributed by atoms with Crippen molar-refractivity contribution in [2.75, 3.05) is 5.32 Å². The van der Waals surface area contributed by atoms with Gasteiger partial charge < -0.3 is 10.4 Å². The maximum absolute atomic E-state index is 12.0. The fraction of sp³-hybridized carbons (Fsp3) is 0.286. The van der Waals surface area contributed by atoms with Gasteiger partial charge in [-0.1, -0.05) is 18.2 Å². The number of nitrogens with zero attached hydrogens (tertiary/aromatic N) is 1. The molecule has 0 atom stereocenters. The van der Waals surface area contributed by atoms with Crippen LogP contribution in [-0.4, -0.2) is 21.2 Å². The number of hydrogen-bond donors (Lipinski definition) is 3. The highest BCUT2D eigenvalue weighted by molar-refractivity contribution is 5.93. The number of aromatic nitrogens is 2. The molecule has 0 bridgehead atoms. The summed E-state index contributed by atoms with van der Waals surface area (Å²) in [6.45, 7) is 3.66. The highest BCUT2D eigenvalue weighted by Crippen LogP contribution is 2.16. The SMILES string of the molecule is Cc1n[nH]c(C)c1CC(=O)Nc1ccccc1CO. The molecular weight excluding hydrogens is 242 g/mol. The van der Waals surface area contributed by atoms with Crippen LogP contribution in [0.2, 0.25) is 0 Å². The van der Waals surface area contributed by atoms with Crippen molar-refractivity contribution < 1.29 is 9.90 Å². The third-order valence-corrected chi connectivity index (χ3v) is 3.08. The van der Waals surface area contributed by atoms with E-state index >= 15 is 0 Å². The first-order valence-electron chi connectivity index (χ1n) is 6.11. The van der Waals surface area contributed by atoms with E-state index in [2.05, 4.69) is 15.5 Å². The van der Waals surface area contributed by atoms with Crippen molar-refractivity contribution in [3.05, 3.63) is 46.8 Å². The van der Waals surface area contributed by atoms with Gasteiger partial charge in [-0.2, -0.15) is 5.10 Å². The van der Waals surface area contributed by atoms with Crippen LogP contribution in [0, 0.1) is 13.8 Å². The first-order valence-corrected chi connectivity index (χ1v) is 6.11. The molecule has 0 fully saturated rings. The van der Waals surface area contributed by atoms with Crippen LogP contribution >= 0.6 is 0 Å². The fourth-order valence-corrected chi connectivity index (χ4v) is 1.97. The molecule has 0 spiro atoms. The van der Waals surface area contributed by atoms with Crippen LogP contribution in [0.1, 0.15) is 22.5 Å². The second kappa shape index (κ2) is 5.67. The van der Waals surface area contributed by atoms with E-state index in [0.717, 1.165) is 17.0 Å². The Labute approximate surface area is 111 Å². The summed E-state index contributed by atoms with van der Waals surface area (Å²) in [7, 11) is 0. The molecule has 1 aromatic carbocycles. The highest BCUT2D eigenvalue weighted by Gasteiger charge is 2.12. The molecule has 0 unspecified atom stereocenters. The lowest BCUT2D eigenvalue weighted by atomic mass is 10.1. The second-order valence-corrected chi connectivity index (χ2v) is 4.45. The standard InChI is InChI=1S/C14H17N3O2/c1-9-12(10(2)17-16-9)7-14(19)15-13-6-4-3-5-11(13)8-18/h3-6,18H,7-8H2,1-2H3,(H,15,19)(H,16,17). The number of aliphatic hydroxyl groups is 1. The van der Waals surface area contributed by atoms with Crippen molar-refractivity contribution in [3.63, 3.8) is 0 Å². The maximum atomic E-state index is 12.0. The zero-order chi connectivity index (χ0) is 13.8. The van der Waals surface area contributed by atoms with E-state index in [1.807, 2.05) is 26.0 Å². The van der Waals surface area contributed by atoms with Crippen LogP contribution in [-0.2, 0) is 17.8 Å². The smallest absolute Gasteiger partial charge is 0.228 e. The van der Waals surface area contributed by atoms with Crippen molar-refractivity contribution in [2.24, 2.45) is 0 Å². The van der Waals surface area contributed by atoms with Crippen molar-refractivity contribution in [1.82, 2.24) is 10.2 Å². The summed E-state index contributed by atoms with van der Waals surface area (Å²) < 4.78 is 0. The van der Waals surface area contributed by atoms with Gasteiger partial charge in [0.2, 0.25) is 5.91 Å². The van der Waals surface area contributed by atoms with Gasteiger partial charge in [0.15, 0.2) is 0 Å². The molecular formula is C14H17N3O2. The first kappa shape index (κ1) is 13.3. The van der Waals surface area contributed by atoms with E-state index in [4.69, 9.17) is 0 Å². The number of benzene rings is 1. The number of amides is 1. The van der Waals surface area contributed by atoms with Gasteiger partial charge in [-0.3, -0.25) is 9.89 Å². The Morgan fingerprint density at radius 1 is 1.37 bits per heavy atom. The molecule has 0 aliphatic carbocycles. The van der Waals surface area contributed by atoms with Crippen molar-refractivity contribution >= 4 is 11.6 Å². The van der Waals surface area contributed by atoms with E-state index in [0.29, 0.717) is 11.3 Å². The van der Waals surface area contributed by atoms with Gasteiger partial charge in [-0.15, -0.1) is 0 Å². The summed E-state index contributed by atoms with van der Waals surface area (Å²) in [4.78, 5) is 12.0. The molecule has 0 radical (unpaired) electrons. The second-order valence-electron chi connectivity index (χ2n) is 4.45. The van der Waals surface area contributed by atoms with E-state index in [1.165, 1.54) is 0 Å². The van der Waals surface area contributed by atoms with E-state index in [9.17, 15) is 9.90 Å². The van der Waals surface area contributed by atoms with Crippen LogP contribution in [0.4, 0.5) is 5.69 Å². The number of para-hydroxylation sites is 1. The number of anilines is 1. The van der Waals surface area contributed by atoms with Gasteiger partial charge >= 0.3 is 0 Å². The molecule has 0 saturated heterocycles. The third-order valence-electron chi connectivity index (χ3n) is 3.08. The molecule has 1 heterocycles. The molecule has 100 valence electrons.